The molecule has 7 nitrogen and oxygen atoms in total. The van der Waals surface area contributed by atoms with Crippen molar-refractivity contribution in [2.24, 2.45) is 0 Å². The summed E-state index contributed by atoms with van der Waals surface area (Å²) < 4.78 is 39.7. The first kappa shape index (κ1) is 21.4. The van der Waals surface area contributed by atoms with Gasteiger partial charge < -0.3 is 14.1 Å². The van der Waals surface area contributed by atoms with E-state index in [0.29, 0.717) is 17.5 Å². The van der Waals surface area contributed by atoms with Gasteiger partial charge in [0.2, 0.25) is 16.7 Å². The maximum Gasteiger partial charge on any atom is 1.00 e. The Morgan fingerprint density at radius 1 is 1.21 bits per heavy atom. The molecule has 2 aromatic rings. The zero-order valence-electron chi connectivity index (χ0n) is 15.8. The van der Waals surface area contributed by atoms with Crippen molar-refractivity contribution in [2.75, 3.05) is 6.61 Å². The maximum absolute atomic E-state index is 12.9. The molecule has 0 fully saturated rings. The molecular weight excluding hydrogens is 395 g/mol. The SMILES string of the molecule is Cc1c(S(=O)(=O)[O-])oc2c1C(=O)C(=O)c1c-2ccc2c1CCCC2(C)CO.[Na+]. The summed E-state index contributed by atoms with van der Waals surface area (Å²) in [5, 5.41) is 9.00. The van der Waals surface area contributed by atoms with Gasteiger partial charge >= 0.3 is 29.6 Å². The van der Waals surface area contributed by atoms with Crippen molar-refractivity contribution >= 4 is 21.7 Å². The zero-order chi connectivity index (χ0) is 19.7. The second-order valence-electron chi connectivity index (χ2n) is 7.42. The van der Waals surface area contributed by atoms with E-state index in [1.165, 1.54) is 6.92 Å². The molecule has 0 aliphatic heterocycles. The Bertz CT molecular complexity index is 1130. The summed E-state index contributed by atoms with van der Waals surface area (Å²) in [6.07, 6.45) is 2.06. The Hall–Kier alpha value is -1.29. The number of carbonyl (C=O) groups excluding carboxylic acids is 2. The van der Waals surface area contributed by atoms with Crippen LogP contribution in [0.3, 0.4) is 0 Å². The molecular formula is C19H17NaO7S. The van der Waals surface area contributed by atoms with Gasteiger partial charge in [0.05, 0.1) is 12.2 Å². The smallest absolute Gasteiger partial charge is 0.742 e. The summed E-state index contributed by atoms with van der Waals surface area (Å²) in [4.78, 5) is 25.6. The number of aliphatic hydroxyl groups excluding tert-OH is 1. The van der Waals surface area contributed by atoms with Crippen LogP contribution in [0.4, 0.5) is 0 Å². The van der Waals surface area contributed by atoms with Gasteiger partial charge in [-0.2, -0.15) is 0 Å². The average molecular weight is 412 g/mol. The van der Waals surface area contributed by atoms with E-state index in [-0.39, 0.29) is 58.6 Å². The van der Waals surface area contributed by atoms with Crippen LogP contribution in [-0.4, -0.2) is 36.3 Å². The monoisotopic (exact) mass is 412 g/mol. The molecule has 0 bridgehead atoms. The van der Waals surface area contributed by atoms with Crippen molar-refractivity contribution in [1.82, 2.24) is 0 Å². The summed E-state index contributed by atoms with van der Waals surface area (Å²) in [5.41, 5.74) is 1.17. The fourth-order valence-corrected chi connectivity index (χ4v) is 4.96. The summed E-state index contributed by atoms with van der Waals surface area (Å²) in [5.74, 6) is -1.67. The van der Waals surface area contributed by atoms with Crippen molar-refractivity contribution in [3.05, 3.63) is 39.9 Å². The summed E-state index contributed by atoms with van der Waals surface area (Å²) in [6, 6.07) is 3.38. The van der Waals surface area contributed by atoms with Crippen LogP contribution >= 0.6 is 0 Å². The van der Waals surface area contributed by atoms with E-state index >= 15 is 0 Å². The Morgan fingerprint density at radius 2 is 1.86 bits per heavy atom. The van der Waals surface area contributed by atoms with Crippen LogP contribution < -0.4 is 29.6 Å². The molecule has 0 saturated heterocycles. The van der Waals surface area contributed by atoms with E-state index in [9.17, 15) is 27.7 Å². The van der Waals surface area contributed by atoms with Gasteiger partial charge in [0.25, 0.3) is 0 Å². The van der Waals surface area contributed by atoms with Crippen molar-refractivity contribution in [3.63, 3.8) is 0 Å². The number of Topliss-reactive ketones (excluding diaryl/α,β-unsaturated/α-hetero) is 2. The third kappa shape index (κ3) is 2.86. The van der Waals surface area contributed by atoms with E-state index in [0.717, 1.165) is 18.4 Å². The summed E-state index contributed by atoms with van der Waals surface area (Å²) in [6.45, 7) is 3.09. The number of furan rings is 1. The predicted molar refractivity (Wildman–Crippen MR) is 92.9 cm³/mol. The molecule has 1 atom stereocenters. The molecule has 0 amide bonds. The molecule has 0 radical (unpaired) electrons. The van der Waals surface area contributed by atoms with E-state index in [1.54, 1.807) is 12.1 Å². The first-order valence-corrected chi connectivity index (χ1v) is 9.97. The maximum atomic E-state index is 12.9. The Balaban J connectivity index is 0.00000225. The number of hydrogen-bond acceptors (Lipinski definition) is 7. The third-order valence-electron chi connectivity index (χ3n) is 5.70. The molecule has 28 heavy (non-hydrogen) atoms. The third-order valence-corrected chi connectivity index (χ3v) is 6.55. The van der Waals surface area contributed by atoms with Gasteiger partial charge in [0, 0.05) is 22.1 Å². The molecule has 2 aliphatic carbocycles. The topological polar surface area (TPSA) is 125 Å². The van der Waals surface area contributed by atoms with Crippen LogP contribution in [-0.2, 0) is 22.0 Å². The Kier molecular flexibility index (Phi) is 5.28. The average Bonchev–Trinajstić information content (AvgIpc) is 2.97. The van der Waals surface area contributed by atoms with Crippen LogP contribution in [0.15, 0.2) is 21.6 Å². The first-order valence-electron chi connectivity index (χ1n) is 8.56. The van der Waals surface area contributed by atoms with Crippen molar-refractivity contribution in [1.29, 1.82) is 0 Å². The van der Waals surface area contributed by atoms with Gasteiger partial charge in [-0.3, -0.25) is 9.59 Å². The van der Waals surface area contributed by atoms with E-state index in [4.69, 9.17) is 4.42 Å². The Labute approximate surface area is 184 Å². The van der Waals surface area contributed by atoms with E-state index < -0.39 is 32.2 Å². The standard InChI is InChI=1S/C19H18O7S.Na/c1-9-13-15(21)16(22)14-10-4-3-7-19(2,8-20)12(10)6-5-11(14)17(13)26-18(9)27(23,24)25;/h5-6,20H,3-4,7-8H2,1-2H3,(H,23,24,25);/q;+1/p-1. The quantitative estimate of drug-likeness (QED) is 0.386. The molecule has 1 aromatic carbocycles. The second kappa shape index (κ2) is 6.90. The van der Waals surface area contributed by atoms with Crippen LogP contribution in [0.25, 0.3) is 11.3 Å². The van der Waals surface area contributed by atoms with Crippen molar-refractivity contribution in [2.45, 2.75) is 43.6 Å². The molecule has 2 aliphatic rings. The molecule has 1 aromatic heterocycles. The van der Waals surface area contributed by atoms with Gasteiger partial charge in [-0.1, -0.05) is 19.1 Å². The number of ketones is 2. The number of carbonyl (C=O) groups is 2. The Morgan fingerprint density at radius 3 is 2.46 bits per heavy atom. The number of fused-ring (bicyclic) bond motifs is 5. The van der Waals surface area contributed by atoms with Gasteiger partial charge in [-0.05, 0) is 37.3 Å². The van der Waals surface area contributed by atoms with Crippen molar-refractivity contribution in [3.8, 4) is 11.3 Å². The van der Waals surface area contributed by atoms with Crippen LogP contribution in [0.2, 0.25) is 0 Å². The molecule has 0 saturated carbocycles. The fraction of sp³-hybridized carbons (Fsp3) is 0.368. The van der Waals surface area contributed by atoms with Crippen LogP contribution in [0.1, 0.15) is 57.2 Å². The minimum atomic E-state index is -4.92. The number of hydrogen-bond donors (Lipinski definition) is 1. The molecule has 1 heterocycles. The number of aliphatic hydroxyl groups is 1. The number of benzene rings is 1. The summed E-state index contributed by atoms with van der Waals surface area (Å²) in [7, 11) is -4.92. The van der Waals surface area contributed by atoms with Crippen molar-refractivity contribution < 1.29 is 61.6 Å². The minimum Gasteiger partial charge on any atom is -0.742 e. The van der Waals surface area contributed by atoms with Gasteiger partial charge in [0.1, 0.15) is 5.76 Å². The predicted octanol–water partition coefficient (Wildman–Crippen LogP) is -0.872. The van der Waals surface area contributed by atoms with Gasteiger partial charge in [-0.25, -0.2) is 8.42 Å². The molecule has 4 rings (SSSR count). The molecule has 9 heteroatoms. The fourth-order valence-electron chi connectivity index (χ4n) is 4.30. The molecule has 142 valence electrons. The molecule has 0 spiro atoms. The number of rotatable bonds is 2. The van der Waals surface area contributed by atoms with Gasteiger partial charge in [0.15, 0.2) is 10.1 Å². The van der Waals surface area contributed by atoms with E-state index in [1.807, 2.05) is 6.92 Å². The molecule has 1 unspecified atom stereocenters. The normalized spacial score (nSPS) is 20.9. The molecule has 1 N–H and O–H groups in total. The van der Waals surface area contributed by atoms with Crippen LogP contribution in [0.5, 0.6) is 0 Å². The van der Waals surface area contributed by atoms with Gasteiger partial charge in [-0.15, -0.1) is 0 Å². The largest absolute Gasteiger partial charge is 1.00 e. The summed E-state index contributed by atoms with van der Waals surface area (Å²) >= 11 is 0. The van der Waals surface area contributed by atoms with E-state index in [2.05, 4.69) is 0 Å². The minimum absolute atomic E-state index is 0. The second-order valence-corrected chi connectivity index (χ2v) is 8.70. The first-order chi connectivity index (χ1) is 12.6. The zero-order valence-corrected chi connectivity index (χ0v) is 18.6. The van der Waals surface area contributed by atoms with Crippen LogP contribution in [0, 0.1) is 6.92 Å².